The summed E-state index contributed by atoms with van der Waals surface area (Å²) in [6.07, 6.45) is 2.92. The zero-order chi connectivity index (χ0) is 28.4. The first-order valence-corrected chi connectivity index (χ1v) is 14.5. The lowest BCUT2D eigenvalue weighted by Gasteiger charge is -2.37. The molecule has 0 spiro atoms. The molecular formula is C34H39NO6. The fourth-order valence-corrected chi connectivity index (χ4v) is 5.76. The van der Waals surface area contributed by atoms with Gasteiger partial charge in [0.25, 0.3) is 5.91 Å². The van der Waals surface area contributed by atoms with Crippen molar-refractivity contribution in [2.45, 2.75) is 38.5 Å². The Bertz CT molecular complexity index is 1320. The van der Waals surface area contributed by atoms with Gasteiger partial charge in [0.1, 0.15) is 0 Å². The maximum absolute atomic E-state index is 13.4. The second kappa shape index (κ2) is 14.4. The number of aliphatic hydroxyl groups is 1. The molecule has 1 amide bonds. The van der Waals surface area contributed by atoms with Crippen LogP contribution < -0.4 is 5.32 Å². The quantitative estimate of drug-likeness (QED) is 0.213. The number of rotatable bonds is 14. The number of carbonyl (C=O) groups excluding carboxylic acids is 1. The number of hydrogen-bond acceptors (Lipinski definition) is 6. The molecule has 0 saturated carbocycles. The third-order valence-electron chi connectivity index (χ3n) is 7.68. The molecule has 3 aromatic carbocycles. The van der Waals surface area contributed by atoms with Crippen LogP contribution in [-0.4, -0.2) is 56.9 Å². The lowest BCUT2D eigenvalue weighted by Crippen LogP contribution is -2.39. The third-order valence-corrected chi connectivity index (χ3v) is 7.68. The highest BCUT2D eigenvalue weighted by Crippen LogP contribution is 2.45. The number of fused-ring (bicyclic) bond motifs is 3. The van der Waals surface area contributed by atoms with Crippen LogP contribution in [0.1, 0.15) is 41.5 Å². The predicted octanol–water partition coefficient (Wildman–Crippen LogP) is 4.97. The Morgan fingerprint density at radius 2 is 1.68 bits per heavy atom. The van der Waals surface area contributed by atoms with Crippen molar-refractivity contribution in [3.63, 3.8) is 0 Å². The van der Waals surface area contributed by atoms with E-state index in [1.165, 1.54) is 27.8 Å². The van der Waals surface area contributed by atoms with Crippen LogP contribution in [0.3, 0.4) is 0 Å². The number of nitrogens with one attached hydrogen (secondary N) is 1. The van der Waals surface area contributed by atoms with Gasteiger partial charge in [-0.25, -0.2) is 0 Å². The molecule has 0 saturated heterocycles. The van der Waals surface area contributed by atoms with Crippen LogP contribution in [0.25, 0.3) is 11.1 Å². The largest absolute Gasteiger partial charge is 0.459 e. The molecule has 216 valence electrons. The first-order valence-electron chi connectivity index (χ1n) is 14.5. The predicted molar refractivity (Wildman–Crippen MR) is 157 cm³/mol. The lowest BCUT2D eigenvalue weighted by molar-refractivity contribution is -0.168. The van der Waals surface area contributed by atoms with Gasteiger partial charge >= 0.3 is 0 Å². The molecule has 0 bridgehead atoms. The topological polar surface area (TPSA) is 86.3 Å². The van der Waals surface area contributed by atoms with E-state index in [2.05, 4.69) is 47.8 Å². The maximum Gasteiger partial charge on any atom is 0.286 e. The highest BCUT2D eigenvalue weighted by Gasteiger charge is 2.39. The normalized spacial score (nSPS) is 19.2. The summed E-state index contributed by atoms with van der Waals surface area (Å²) >= 11 is 0. The molecule has 2 aliphatic rings. The van der Waals surface area contributed by atoms with E-state index in [1.807, 2.05) is 43.3 Å². The van der Waals surface area contributed by atoms with E-state index >= 15 is 0 Å². The van der Waals surface area contributed by atoms with Crippen LogP contribution in [0.15, 0.2) is 84.6 Å². The van der Waals surface area contributed by atoms with Crippen molar-refractivity contribution in [3.05, 3.63) is 107 Å². The van der Waals surface area contributed by atoms with Crippen molar-refractivity contribution >= 4 is 5.91 Å². The highest BCUT2D eigenvalue weighted by molar-refractivity contribution is 5.91. The van der Waals surface area contributed by atoms with Gasteiger partial charge in [0.05, 0.1) is 26.4 Å². The Kier molecular flexibility index (Phi) is 10.2. The first kappa shape index (κ1) is 29.0. The molecule has 7 nitrogen and oxygen atoms in total. The molecular weight excluding hydrogens is 518 g/mol. The summed E-state index contributed by atoms with van der Waals surface area (Å²) < 4.78 is 23.6. The van der Waals surface area contributed by atoms with Crippen molar-refractivity contribution < 1.29 is 28.8 Å². The fraction of sp³-hybridized carbons (Fsp3) is 0.382. The summed E-state index contributed by atoms with van der Waals surface area (Å²) in [7, 11) is 0. The first-order chi connectivity index (χ1) is 20.2. The molecule has 3 atom stereocenters. The van der Waals surface area contributed by atoms with Crippen LogP contribution in [0.2, 0.25) is 0 Å². The number of benzene rings is 3. The van der Waals surface area contributed by atoms with Crippen molar-refractivity contribution in [1.82, 2.24) is 5.32 Å². The van der Waals surface area contributed by atoms with Crippen molar-refractivity contribution in [2.24, 2.45) is 5.92 Å². The second-order valence-electron chi connectivity index (χ2n) is 10.3. The van der Waals surface area contributed by atoms with E-state index in [-0.39, 0.29) is 30.1 Å². The molecule has 0 aromatic heterocycles. The molecule has 1 heterocycles. The average Bonchev–Trinajstić information content (AvgIpc) is 3.39. The monoisotopic (exact) mass is 557 g/mol. The lowest BCUT2D eigenvalue weighted by atomic mass is 9.78. The number of allylic oxidation sites excluding steroid dienone is 1. The molecule has 7 heteroatoms. The van der Waals surface area contributed by atoms with Gasteiger partial charge < -0.3 is 29.4 Å². The van der Waals surface area contributed by atoms with Crippen LogP contribution in [0.4, 0.5) is 0 Å². The molecule has 2 N–H and O–H groups in total. The van der Waals surface area contributed by atoms with Gasteiger partial charge in [-0.1, -0.05) is 72.8 Å². The van der Waals surface area contributed by atoms with Crippen LogP contribution in [0, 0.1) is 5.92 Å². The minimum Gasteiger partial charge on any atom is -0.459 e. The smallest absolute Gasteiger partial charge is 0.286 e. The van der Waals surface area contributed by atoms with Crippen molar-refractivity contribution in [1.29, 1.82) is 0 Å². The van der Waals surface area contributed by atoms with Crippen molar-refractivity contribution in [2.75, 3.05) is 39.6 Å². The Balaban J connectivity index is 1.42. The van der Waals surface area contributed by atoms with Gasteiger partial charge in [0.2, 0.25) is 6.29 Å². The summed E-state index contributed by atoms with van der Waals surface area (Å²) in [4.78, 5) is 13.4. The molecule has 1 aliphatic heterocycles. The standard InChI is InChI=1S/C34H39NO6/c1-2-40-34-29(15-17-38-19-20-39-18-16-36)31(22-32(41-34)33(37)35-23-24-9-4-3-5-10-24)28-14-8-13-27-26-12-7-6-11-25(26)21-30(27)28/h3-14,22,29,31,34,36H,2,15-21,23H2,1H3,(H,35,37)/t29-,31-,34-/m0/s1. The Morgan fingerprint density at radius 1 is 0.927 bits per heavy atom. The van der Waals surface area contributed by atoms with Crippen LogP contribution >= 0.6 is 0 Å². The van der Waals surface area contributed by atoms with Gasteiger partial charge in [-0.05, 0) is 59.2 Å². The summed E-state index contributed by atoms with van der Waals surface area (Å²) in [5, 5.41) is 11.9. The Hall–Kier alpha value is -3.49. The van der Waals surface area contributed by atoms with E-state index in [4.69, 9.17) is 24.1 Å². The molecule has 41 heavy (non-hydrogen) atoms. The third kappa shape index (κ3) is 7.05. The number of amides is 1. The Morgan fingerprint density at radius 3 is 2.49 bits per heavy atom. The van der Waals surface area contributed by atoms with Crippen LogP contribution in [0.5, 0.6) is 0 Å². The molecule has 0 radical (unpaired) electrons. The number of hydrogen-bond donors (Lipinski definition) is 2. The van der Waals surface area contributed by atoms with Gasteiger partial charge in [0.15, 0.2) is 5.76 Å². The molecule has 0 unspecified atom stereocenters. The maximum atomic E-state index is 13.4. The average molecular weight is 558 g/mol. The summed E-state index contributed by atoms with van der Waals surface area (Å²) in [6, 6.07) is 24.8. The minimum absolute atomic E-state index is 0.00398. The van der Waals surface area contributed by atoms with E-state index in [9.17, 15) is 4.79 Å². The summed E-state index contributed by atoms with van der Waals surface area (Å²) in [5.41, 5.74) is 7.33. The number of aliphatic hydroxyl groups excluding tert-OH is 1. The van der Waals surface area contributed by atoms with E-state index in [0.29, 0.717) is 46.0 Å². The van der Waals surface area contributed by atoms with Crippen molar-refractivity contribution in [3.8, 4) is 11.1 Å². The SMILES string of the molecule is CCO[C@H]1OC(C(=O)NCc2ccccc2)=C[C@@H](c2cccc3c2Cc2ccccc2-3)[C@@H]1CCOCCOCCO. The number of carbonyl (C=O) groups is 1. The van der Waals surface area contributed by atoms with E-state index in [0.717, 1.165) is 12.0 Å². The second-order valence-corrected chi connectivity index (χ2v) is 10.3. The van der Waals surface area contributed by atoms with Crippen LogP contribution in [-0.2, 0) is 36.7 Å². The number of ether oxygens (including phenoxy) is 4. The molecule has 1 aliphatic carbocycles. The molecule has 0 fully saturated rings. The van der Waals surface area contributed by atoms with Gasteiger partial charge in [-0.2, -0.15) is 0 Å². The zero-order valence-electron chi connectivity index (χ0n) is 23.6. The minimum atomic E-state index is -0.596. The van der Waals surface area contributed by atoms with Gasteiger partial charge in [-0.3, -0.25) is 4.79 Å². The van der Waals surface area contributed by atoms with E-state index in [1.54, 1.807) is 0 Å². The van der Waals surface area contributed by atoms with E-state index < -0.39 is 6.29 Å². The summed E-state index contributed by atoms with van der Waals surface area (Å²) in [6.45, 7) is 4.47. The fourth-order valence-electron chi connectivity index (χ4n) is 5.76. The Labute approximate surface area is 242 Å². The summed E-state index contributed by atoms with van der Waals surface area (Å²) in [5.74, 6) is -0.132. The van der Waals surface area contributed by atoms with Gasteiger partial charge in [-0.15, -0.1) is 0 Å². The molecule has 3 aromatic rings. The zero-order valence-corrected chi connectivity index (χ0v) is 23.6. The van der Waals surface area contributed by atoms with Gasteiger partial charge in [0, 0.05) is 31.6 Å². The molecule has 5 rings (SSSR count). The highest BCUT2D eigenvalue weighted by atomic mass is 16.7.